The monoisotopic (exact) mass is 291 g/mol. The van der Waals surface area contributed by atoms with Crippen LogP contribution in [0.15, 0.2) is 29.6 Å². The van der Waals surface area contributed by atoms with Gasteiger partial charge in [-0.1, -0.05) is 18.2 Å². The summed E-state index contributed by atoms with van der Waals surface area (Å²) in [5.74, 6) is -0.123. The molecule has 2 rings (SSSR count). The largest absolute Gasteiger partial charge is 0.494 e. The quantitative estimate of drug-likeness (QED) is 0.844. The third-order valence-corrected chi connectivity index (χ3v) is 3.67. The van der Waals surface area contributed by atoms with Crippen LogP contribution in [0.5, 0.6) is 5.88 Å². The number of aromatic nitrogens is 1. The van der Waals surface area contributed by atoms with Crippen LogP contribution >= 0.6 is 23.6 Å². The number of thiazole rings is 1. The van der Waals surface area contributed by atoms with Gasteiger partial charge in [-0.05, 0) is 23.8 Å². The van der Waals surface area contributed by atoms with Crippen molar-refractivity contribution in [3.05, 3.63) is 44.7 Å². The van der Waals surface area contributed by atoms with Crippen molar-refractivity contribution in [1.29, 1.82) is 0 Å². The van der Waals surface area contributed by atoms with E-state index in [0.29, 0.717) is 3.95 Å². The van der Waals surface area contributed by atoms with Gasteiger partial charge >= 0.3 is 6.18 Å². The molecule has 0 aliphatic carbocycles. The SMILES string of the molecule is Oc1csc(=S)n1Cc1ccccc1C(F)(F)F. The summed E-state index contributed by atoms with van der Waals surface area (Å²) in [6, 6.07) is 5.25. The summed E-state index contributed by atoms with van der Waals surface area (Å²) in [7, 11) is 0. The zero-order valence-electron chi connectivity index (χ0n) is 8.94. The Labute approximate surface area is 110 Å². The molecule has 0 aliphatic rings. The molecule has 2 aromatic rings. The van der Waals surface area contributed by atoms with Gasteiger partial charge in [0, 0.05) is 0 Å². The van der Waals surface area contributed by atoms with Gasteiger partial charge in [0.2, 0.25) is 5.88 Å². The van der Waals surface area contributed by atoms with E-state index in [1.165, 1.54) is 28.1 Å². The van der Waals surface area contributed by atoms with Crippen molar-refractivity contribution in [2.24, 2.45) is 0 Å². The first kappa shape index (κ1) is 13.1. The van der Waals surface area contributed by atoms with Crippen molar-refractivity contribution in [1.82, 2.24) is 4.57 Å². The number of rotatable bonds is 2. The highest BCUT2D eigenvalue weighted by Crippen LogP contribution is 2.33. The van der Waals surface area contributed by atoms with Crippen molar-refractivity contribution in [3.63, 3.8) is 0 Å². The highest BCUT2D eigenvalue weighted by Gasteiger charge is 2.32. The van der Waals surface area contributed by atoms with Crippen molar-refractivity contribution >= 4 is 23.6 Å². The Morgan fingerprint density at radius 2 is 1.94 bits per heavy atom. The van der Waals surface area contributed by atoms with E-state index in [0.717, 1.165) is 17.4 Å². The number of benzene rings is 1. The Hall–Kier alpha value is -1.34. The van der Waals surface area contributed by atoms with E-state index >= 15 is 0 Å². The summed E-state index contributed by atoms with van der Waals surface area (Å²) in [5, 5.41) is 10.9. The maximum atomic E-state index is 12.8. The van der Waals surface area contributed by atoms with Gasteiger partial charge in [0.25, 0.3) is 0 Å². The number of alkyl halides is 3. The molecule has 0 aliphatic heterocycles. The molecule has 0 spiro atoms. The molecule has 0 radical (unpaired) electrons. The fourth-order valence-corrected chi connectivity index (χ4v) is 2.50. The first-order valence-electron chi connectivity index (χ1n) is 4.92. The summed E-state index contributed by atoms with van der Waals surface area (Å²) in [5.41, 5.74) is -0.632. The maximum Gasteiger partial charge on any atom is 0.416 e. The van der Waals surface area contributed by atoms with E-state index in [-0.39, 0.29) is 18.0 Å². The molecule has 0 saturated heterocycles. The Kier molecular flexibility index (Phi) is 3.45. The Morgan fingerprint density at radius 1 is 1.28 bits per heavy atom. The minimum Gasteiger partial charge on any atom is -0.494 e. The molecule has 0 bridgehead atoms. The van der Waals surface area contributed by atoms with Gasteiger partial charge < -0.3 is 5.11 Å². The molecule has 96 valence electrons. The smallest absolute Gasteiger partial charge is 0.416 e. The van der Waals surface area contributed by atoms with Crippen LogP contribution in [-0.2, 0) is 12.7 Å². The average molecular weight is 291 g/mol. The van der Waals surface area contributed by atoms with E-state index in [9.17, 15) is 18.3 Å². The molecule has 7 heteroatoms. The Morgan fingerprint density at radius 3 is 2.50 bits per heavy atom. The lowest BCUT2D eigenvalue weighted by Crippen LogP contribution is -2.11. The summed E-state index contributed by atoms with van der Waals surface area (Å²) < 4.78 is 40.0. The van der Waals surface area contributed by atoms with Crippen LogP contribution in [0, 0.1) is 3.95 Å². The van der Waals surface area contributed by atoms with Crippen molar-refractivity contribution in [2.45, 2.75) is 12.7 Å². The van der Waals surface area contributed by atoms with E-state index in [4.69, 9.17) is 12.2 Å². The number of aromatic hydroxyl groups is 1. The van der Waals surface area contributed by atoms with Gasteiger partial charge in [0.15, 0.2) is 3.95 Å². The van der Waals surface area contributed by atoms with E-state index < -0.39 is 11.7 Å². The van der Waals surface area contributed by atoms with Crippen LogP contribution in [0.1, 0.15) is 11.1 Å². The third-order valence-electron chi connectivity index (χ3n) is 2.41. The minimum absolute atomic E-state index is 0.0785. The standard InChI is InChI=1S/C11H8F3NOS2/c12-11(13,14)8-4-2-1-3-7(8)5-15-9(16)6-18-10(15)17/h1-4,6,16H,5H2. The molecule has 1 aromatic heterocycles. The number of hydrogen-bond acceptors (Lipinski definition) is 3. The summed E-state index contributed by atoms with van der Waals surface area (Å²) >= 11 is 6.06. The van der Waals surface area contributed by atoms with Gasteiger partial charge in [-0.25, -0.2) is 0 Å². The van der Waals surface area contributed by atoms with Crippen molar-refractivity contribution in [2.75, 3.05) is 0 Å². The van der Waals surface area contributed by atoms with E-state index in [1.807, 2.05) is 0 Å². The third kappa shape index (κ3) is 2.56. The van der Waals surface area contributed by atoms with Crippen LogP contribution in [0.4, 0.5) is 13.2 Å². The lowest BCUT2D eigenvalue weighted by Gasteiger charge is -2.13. The van der Waals surface area contributed by atoms with Crippen LogP contribution in [0.2, 0.25) is 0 Å². The van der Waals surface area contributed by atoms with Crippen molar-refractivity contribution < 1.29 is 18.3 Å². The number of hydrogen-bond donors (Lipinski definition) is 1. The highest BCUT2D eigenvalue weighted by atomic mass is 32.1. The predicted molar refractivity (Wildman–Crippen MR) is 65.4 cm³/mol. The molecule has 0 amide bonds. The lowest BCUT2D eigenvalue weighted by atomic mass is 10.1. The van der Waals surface area contributed by atoms with Gasteiger partial charge in [-0.3, -0.25) is 4.57 Å². The molecular formula is C11H8F3NOS2. The molecule has 0 fully saturated rings. The highest BCUT2D eigenvalue weighted by molar-refractivity contribution is 7.73. The average Bonchev–Trinajstić information content (AvgIpc) is 2.60. The fraction of sp³-hybridized carbons (Fsp3) is 0.182. The van der Waals surface area contributed by atoms with Crippen molar-refractivity contribution in [3.8, 4) is 5.88 Å². The first-order valence-corrected chi connectivity index (χ1v) is 6.21. The molecule has 0 atom stereocenters. The number of nitrogens with zero attached hydrogens (tertiary/aromatic N) is 1. The van der Waals surface area contributed by atoms with Crippen LogP contribution in [-0.4, -0.2) is 9.67 Å². The first-order chi connectivity index (χ1) is 8.39. The van der Waals surface area contributed by atoms with Gasteiger partial charge in [0.05, 0.1) is 17.5 Å². The predicted octanol–water partition coefficient (Wildman–Crippen LogP) is 4.05. The second kappa shape index (κ2) is 4.74. The van der Waals surface area contributed by atoms with Gasteiger partial charge in [0.1, 0.15) is 0 Å². The normalized spacial score (nSPS) is 11.7. The van der Waals surface area contributed by atoms with E-state index in [1.54, 1.807) is 0 Å². The van der Waals surface area contributed by atoms with E-state index in [2.05, 4.69) is 0 Å². The van der Waals surface area contributed by atoms with Crippen LogP contribution in [0.3, 0.4) is 0 Å². The second-order valence-electron chi connectivity index (χ2n) is 3.60. The Bertz CT molecular complexity index is 615. The lowest BCUT2D eigenvalue weighted by molar-refractivity contribution is -0.138. The van der Waals surface area contributed by atoms with Gasteiger partial charge in [-0.2, -0.15) is 13.2 Å². The van der Waals surface area contributed by atoms with Crippen LogP contribution < -0.4 is 0 Å². The van der Waals surface area contributed by atoms with Crippen LogP contribution in [0.25, 0.3) is 0 Å². The molecule has 1 aromatic carbocycles. The zero-order valence-corrected chi connectivity index (χ0v) is 10.6. The molecule has 1 heterocycles. The molecule has 0 unspecified atom stereocenters. The topological polar surface area (TPSA) is 25.2 Å². The molecule has 1 N–H and O–H groups in total. The molecule has 2 nitrogen and oxygen atoms in total. The summed E-state index contributed by atoms with van der Waals surface area (Å²) in [4.78, 5) is 0. The molecular weight excluding hydrogens is 283 g/mol. The fourth-order valence-electron chi connectivity index (χ4n) is 1.57. The summed E-state index contributed by atoms with van der Waals surface area (Å²) in [6.45, 7) is -0.0934. The maximum absolute atomic E-state index is 12.8. The van der Waals surface area contributed by atoms with Gasteiger partial charge in [-0.15, -0.1) is 11.3 Å². The minimum atomic E-state index is -4.41. The zero-order chi connectivity index (χ0) is 13.3. The second-order valence-corrected chi connectivity index (χ2v) is 5.10. The summed E-state index contributed by atoms with van der Waals surface area (Å²) in [6.07, 6.45) is -4.41. The number of halogens is 3. The Balaban J connectivity index is 2.45. The molecule has 0 saturated carbocycles. The molecule has 18 heavy (non-hydrogen) atoms.